The Kier molecular flexibility index (Phi) is 5.03. The zero-order valence-electron chi connectivity index (χ0n) is 15.0. The quantitative estimate of drug-likeness (QED) is 0.850. The van der Waals surface area contributed by atoms with Crippen molar-refractivity contribution < 1.29 is 4.79 Å². The third-order valence-electron chi connectivity index (χ3n) is 4.88. The molecule has 4 heteroatoms. The van der Waals surface area contributed by atoms with Crippen LogP contribution in [0.25, 0.3) is 5.69 Å². The average molecular weight is 325 g/mol. The first-order valence-electron chi connectivity index (χ1n) is 9.07. The van der Waals surface area contributed by atoms with E-state index in [-0.39, 0.29) is 5.91 Å². The molecule has 1 aromatic heterocycles. The molecule has 0 atom stereocenters. The van der Waals surface area contributed by atoms with Gasteiger partial charge in [0, 0.05) is 13.1 Å². The van der Waals surface area contributed by atoms with E-state index in [9.17, 15) is 4.79 Å². The van der Waals surface area contributed by atoms with Crippen LogP contribution in [0, 0.1) is 13.8 Å². The van der Waals surface area contributed by atoms with Gasteiger partial charge in [0.05, 0.1) is 22.6 Å². The standard InChI is InChI=1S/C20H27N3O/c1-4-10-17-19(20(24)22-13-8-5-9-14-22)16(3)23(21-17)18-12-7-6-11-15(18)2/h6-7,11-12H,4-5,8-10,13-14H2,1-3H3. The summed E-state index contributed by atoms with van der Waals surface area (Å²) < 4.78 is 1.96. The van der Waals surface area contributed by atoms with Crippen molar-refractivity contribution in [2.45, 2.75) is 52.9 Å². The Morgan fingerprint density at radius 1 is 1.12 bits per heavy atom. The Balaban J connectivity index is 2.04. The molecular formula is C20H27N3O. The number of aromatic nitrogens is 2. The SMILES string of the molecule is CCCc1nn(-c2ccccc2C)c(C)c1C(=O)N1CCCCC1. The maximum atomic E-state index is 13.1. The highest BCUT2D eigenvalue weighted by atomic mass is 16.2. The summed E-state index contributed by atoms with van der Waals surface area (Å²) in [7, 11) is 0. The van der Waals surface area contributed by atoms with Crippen LogP contribution in [0.5, 0.6) is 0 Å². The molecule has 1 fully saturated rings. The van der Waals surface area contributed by atoms with Gasteiger partial charge in [-0.05, 0) is 51.2 Å². The molecule has 0 radical (unpaired) electrons. The maximum absolute atomic E-state index is 13.1. The molecule has 1 aromatic carbocycles. The van der Waals surface area contributed by atoms with E-state index >= 15 is 0 Å². The summed E-state index contributed by atoms with van der Waals surface area (Å²) in [5.41, 5.74) is 4.95. The van der Waals surface area contributed by atoms with Gasteiger partial charge in [0.25, 0.3) is 5.91 Å². The second-order valence-corrected chi connectivity index (χ2v) is 6.71. The lowest BCUT2D eigenvalue weighted by Crippen LogP contribution is -2.36. The number of likely N-dealkylation sites (tertiary alicyclic amines) is 1. The van der Waals surface area contributed by atoms with Gasteiger partial charge < -0.3 is 4.90 Å². The van der Waals surface area contributed by atoms with Crippen molar-refractivity contribution in [3.8, 4) is 5.69 Å². The molecule has 0 spiro atoms. The van der Waals surface area contributed by atoms with Crippen molar-refractivity contribution in [2.24, 2.45) is 0 Å². The lowest BCUT2D eigenvalue weighted by molar-refractivity contribution is 0.0722. The van der Waals surface area contributed by atoms with Crippen LogP contribution in [0.4, 0.5) is 0 Å². The van der Waals surface area contributed by atoms with Crippen LogP contribution in [-0.2, 0) is 6.42 Å². The van der Waals surface area contributed by atoms with E-state index in [0.717, 1.165) is 61.4 Å². The van der Waals surface area contributed by atoms with Crippen LogP contribution >= 0.6 is 0 Å². The molecule has 1 aliphatic heterocycles. The molecule has 1 amide bonds. The topological polar surface area (TPSA) is 38.1 Å². The highest BCUT2D eigenvalue weighted by Gasteiger charge is 2.26. The predicted octanol–water partition coefficient (Wildman–Crippen LogP) is 4.07. The van der Waals surface area contributed by atoms with Crippen LogP contribution in [0.2, 0.25) is 0 Å². The van der Waals surface area contributed by atoms with Crippen molar-refractivity contribution in [2.75, 3.05) is 13.1 Å². The molecule has 0 unspecified atom stereocenters. The third-order valence-corrected chi connectivity index (χ3v) is 4.88. The van der Waals surface area contributed by atoms with Gasteiger partial charge in [-0.25, -0.2) is 4.68 Å². The van der Waals surface area contributed by atoms with Gasteiger partial charge in [0.1, 0.15) is 0 Å². The second-order valence-electron chi connectivity index (χ2n) is 6.71. The number of carbonyl (C=O) groups excluding carboxylic acids is 1. The smallest absolute Gasteiger partial charge is 0.257 e. The summed E-state index contributed by atoms with van der Waals surface area (Å²) >= 11 is 0. The number of para-hydroxylation sites is 1. The van der Waals surface area contributed by atoms with Crippen molar-refractivity contribution in [3.05, 3.63) is 46.8 Å². The minimum absolute atomic E-state index is 0.162. The predicted molar refractivity (Wildman–Crippen MR) is 96.8 cm³/mol. The zero-order chi connectivity index (χ0) is 17.1. The lowest BCUT2D eigenvalue weighted by Gasteiger charge is -2.27. The first-order chi connectivity index (χ1) is 11.6. The number of benzene rings is 1. The summed E-state index contributed by atoms with van der Waals surface area (Å²) in [5, 5.41) is 4.82. The molecule has 3 rings (SSSR count). The van der Waals surface area contributed by atoms with Crippen LogP contribution < -0.4 is 0 Å². The van der Waals surface area contributed by atoms with Crippen molar-refractivity contribution in [3.63, 3.8) is 0 Å². The molecule has 4 nitrogen and oxygen atoms in total. The first-order valence-corrected chi connectivity index (χ1v) is 9.07. The molecule has 1 saturated heterocycles. The monoisotopic (exact) mass is 325 g/mol. The van der Waals surface area contributed by atoms with Crippen LogP contribution in [-0.4, -0.2) is 33.7 Å². The zero-order valence-corrected chi connectivity index (χ0v) is 15.0. The van der Waals surface area contributed by atoms with E-state index < -0.39 is 0 Å². The van der Waals surface area contributed by atoms with Crippen molar-refractivity contribution >= 4 is 5.91 Å². The molecule has 2 heterocycles. The van der Waals surface area contributed by atoms with Gasteiger partial charge >= 0.3 is 0 Å². The molecule has 128 valence electrons. The average Bonchev–Trinajstić information content (AvgIpc) is 2.92. The van der Waals surface area contributed by atoms with Gasteiger partial charge in [-0.2, -0.15) is 5.10 Å². The highest BCUT2D eigenvalue weighted by molar-refractivity contribution is 5.96. The van der Waals surface area contributed by atoms with Crippen LogP contribution in [0.1, 0.15) is 59.9 Å². The Labute approximate surface area is 144 Å². The largest absolute Gasteiger partial charge is 0.339 e. The molecule has 1 aliphatic rings. The molecule has 0 aliphatic carbocycles. The Morgan fingerprint density at radius 3 is 2.50 bits per heavy atom. The van der Waals surface area contributed by atoms with Gasteiger partial charge in [-0.15, -0.1) is 0 Å². The van der Waals surface area contributed by atoms with E-state index in [0.29, 0.717) is 0 Å². The molecule has 0 bridgehead atoms. The maximum Gasteiger partial charge on any atom is 0.257 e. The number of hydrogen-bond acceptors (Lipinski definition) is 2. The fraction of sp³-hybridized carbons (Fsp3) is 0.500. The summed E-state index contributed by atoms with van der Waals surface area (Å²) in [4.78, 5) is 15.1. The number of rotatable bonds is 4. The van der Waals surface area contributed by atoms with Gasteiger partial charge in [0.15, 0.2) is 0 Å². The fourth-order valence-corrected chi connectivity index (χ4v) is 3.54. The number of piperidine rings is 1. The minimum Gasteiger partial charge on any atom is -0.339 e. The van der Waals surface area contributed by atoms with E-state index in [1.54, 1.807) is 0 Å². The Bertz CT molecular complexity index is 726. The molecule has 24 heavy (non-hydrogen) atoms. The Morgan fingerprint density at radius 2 is 1.83 bits per heavy atom. The van der Waals surface area contributed by atoms with Crippen LogP contribution in [0.3, 0.4) is 0 Å². The van der Waals surface area contributed by atoms with Crippen molar-refractivity contribution in [1.82, 2.24) is 14.7 Å². The molecule has 2 aromatic rings. The lowest BCUT2D eigenvalue weighted by atomic mass is 10.1. The Hall–Kier alpha value is -2.10. The molecular weight excluding hydrogens is 298 g/mol. The van der Waals surface area contributed by atoms with E-state index in [2.05, 4.69) is 26.0 Å². The number of aryl methyl sites for hydroxylation is 2. The minimum atomic E-state index is 0.162. The van der Waals surface area contributed by atoms with Crippen LogP contribution in [0.15, 0.2) is 24.3 Å². The second kappa shape index (κ2) is 7.20. The molecule has 0 N–H and O–H groups in total. The summed E-state index contributed by atoms with van der Waals surface area (Å²) in [5.74, 6) is 0.162. The summed E-state index contributed by atoms with van der Waals surface area (Å²) in [6.07, 6.45) is 5.28. The normalized spacial score (nSPS) is 14.9. The van der Waals surface area contributed by atoms with Gasteiger partial charge in [-0.3, -0.25) is 4.79 Å². The van der Waals surface area contributed by atoms with E-state index in [4.69, 9.17) is 5.10 Å². The van der Waals surface area contributed by atoms with Gasteiger partial charge in [0.2, 0.25) is 0 Å². The number of amides is 1. The van der Waals surface area contributed by atoms with Crippen molar-refractivity contribution in [1.29, 1.82) is 0 Å². The third kappa shape index (κ3) is 3.10. The number of carbonyl (C=O) groups is 1. The van der Waals surface area contributed by atoms with E-state index in [1.165, 1.54) is 12.0 Å². The summed E-state index contributed by atoms with van der Waals surface area (Å²) in [6, 6.07) is 8.21. The first kappa shape index (κ1) is 16.7. The fourth-order valence-electron chi connectivity index (χ4n) is 3.54. The number of hydrogen-bond donors (Lipinski definition) is 0. The van der Waals surface area contributed by atoms with E-state index in [1.807, 2.05) is 28.6 Å². The molecule has 0 saturated carbocycles. The summed E-state index contributed by atoms with van der Waals surface area (Å²) in [6.45, 7) is 7.99. The number of nitrogens with zero attached hydrogens (tertiary/aromatic N) is 3. The highest BCUT2D eigenvalue weighted by Crippen LogP contribution is 2.24. The van der Waals surface area contributed by atoms with Gasteiger partial charge in [-0.1, -0.05) is 31.5 Å².